The highest BCUT2D eigenvalue weighted by atomic mass is 32.1. The van der Waals surface area contributed by atoms with Crippen molar-refractivity contribution < 1.29 is 19.4 Å². The van der Waals surface area contributed by atoms with Crippen LogP contribution in [0.3, 0.4) is 0 Å². The molecule has 1 fully saturated rings. The number of aromatic nitrogens is 2. The topological polar surface area (TPSA) is 101 Å². The number of ether oxygens (including phenoxy) is 1. The molecule has 0 saturated carbocycles. The van der Waals surface area contributed by atoms with Crippen LogP contribution in [-0.4, -0.2) is 39.4 Å². The Morgan fingerprint density at radius 1 is 1.35 bits per heavy atom. The van der Waals surface area contributed by atoms with E-state index in [0.29, 0.717) is 5.13 Å². The van der Waals surface area contributed by atoms with Gasteiger partial charge in [0, 0.05) is 0 Å². The lowest BCUT2D eigenvalue weighted by molar-refractivity contribution is -0.145. The summed E-state index contributed by atoms with van der Waals surface area (Å²) in [4.78, 5) is 23.6. The summed E-state index contributed by atoms with van der Waals surface area (Å²) >= 11 is 1.29. The smallest absolute Gasteiger partial charge is 0.310 e. The molecule has 2 aliphatic rings. The maximum absolute atomic E-state index is 12.3. The van der Waals surface area contributed by atoms with Crippen molar-refractivity contribution in [3.63, 3.8) is 0 Å². The number of carbonyl (C=O) groups is 2. The van der Waals surface area contributed by atoms with Gasteiger partial charge in [-0.25, -0.2) is 0 Å². The average molecular weight is 295 g/mol. The lowest BCUT2D eigenvalue weighted by atomic mass is 9.82. The predicted octanol–water partition coefficient (Wildman–Crippen LogP) is 0.693. The number of hydrogen-bond donors (Lipinski definition) is 2. The molecule has 20 heavy (non-hydrogen) atoms. The summed E-state index contributed by atoms with van der Waals surface area (Å²) in [5.74, 6) is -2.97. The van der Waals surface area contributed by atoms with Gasteiger partial charge < -0.3 is 15.2 Å². The van der Waals surface area contributed by atoms with Crippen LogP contribution >= 0.6 is 11.3 Å². The molecule has 106 valence electrons. The number of hydrogen-bond acceptors (Lipinski definition) is 6. The number of carboxylic acids is 1. The van der Waals surface area contributed by atoms with E-state index in [9.17, 15) is 14.7 Å². The third-order valence-corrected chi connectivity index (χ3v) is 4.47. The Labute approximate surface area is 118 Å². The number of rotatable bonds is 4. The fraction of sp³-hybridized carbons (Fsp3) is 0.500. The first-order valence-corrected chi connectivity index (χ1v) is 7.11. The molecule has 1 amide bonds. The maximum Gasteiger partial charge on any atom is 0.310 e. The van der Waals surface area contributed by atoms with Gasteiger partial charge >= 0.3 is 5.97 Å². The highest BCUT2D eigenvalue weighted by molar-refractivity contribution is 7.15. The Bertz CT molecular complexity index is 585. The molecular formula is C12H13N3O4S. The minimum Gasteiger partial charge on any atom is -0.481 e. The Kier molecular flexibility index (Phi) is 3.27. The summed E-state index contributed by atoms with van der Waals surface area (Å²) in [6, 6.07) is 0. The van der Waals surface area contributed by atoms with Crippen molar-refractivity contribution in [1.29, 1.82) is 0 Å². The molecule has 2 bridgehead atoms. The lowest BCUT2D eigenvalue weighted by Crippen LogP contribution is -2.39. The summed E-state index contributed by atoms with van der Waals surface area (Å²) in [5, 5.41) is 20.9. The van der Waals surface area contributed by atoms with Gasteiger partial charge in [-0.3, -0.25) is 9.59 Å². The number of aliphatic carboxylic acids is 1. The number of amides is 1. The number of aryl methyl sites for hydroxylation is 1. The minimum atomic E-state index is -1.02. The second-order valence-corrected chi connectivity index (χ2v) is 5.75. The molecule has 1 aromatic rings. The SMILES string of the molecule is CCc1nnc(NC(=O)[C@@H]2[C@@H](C(=O)O)[C@H]3C=C[C@H]2O3)s1. The Balaban J connectivity index is 1.76. The standard InChI is InChI=1S/C12H13N3O4S/c1-2-7-14-15-12(20-7)13-10(16)8-5-3-4-6(19-5)9(8)11(17)18/h3-6,8-9H,2H2,1H3,(H,17,18)(H,13,15,16)/t5-,6-,8+,9+/m1/s1. The average Bonchev–Trinajstić information content (AvgIpc) is 3.12. The van der Waals surface area contributed by atoms with Gasteiger partial charge in [0.2, 0.25) is 11.0 Å². The number of nitrogens with zero attached hydrogens (tertiary/aromatic N) is 2. The fourth-order valence-corrected chi connectivity index (χ4v) is 3.23. The van der Waals surface area contributed by atoms with Gasteiger partial charge in [0.15, 0.2) is 0 Å². The number of carboxylic acid groups (broad SMARTS) is 1. The van der Waals surface area contributed by atoms with E-state index in [1.165, 1.54) is 11.3 Å². The summed E-state index contributed by atoms with van der Waals surface area (Å²) in [5.41, 5.74) is 0. The summed E-state index contributed by atoms with van der Waals surface area (Å²) in [6.45, 7) is 1.95. The van der Waals surface area contributed by atoms with E-state index in [1.807, 2.05) is 6.92 Å². The van der Waals surface area contributed by atoms with Gasteiger partial charge in [-0.15, -0.1) is 10.2 Å². The first-order chi connectivity index (χ1) is 9.60. The summed E-state index contributed by atoms with van der Waals surface area (Å²) in [7, 11) is 0. The van der Waals surface area contributed by atoms with Crippen LogP contribution in [-0.2, 0) is 20.7 Å². The van der Waals surface area contributed by atoms with Crippen molar-refractivity contribution in [2.24, 2.45) is 11.8 Å². The van der Waals surface area contributed by atoms with Gasteiger partial charge in [-0.2, -0.15) is 0 Å². The molecule has 1 saturated heterocycles. The van der Waals surface area contributed by atoms with E-state index >= 15 is 0 Å². The highest BCUT2D eigenvalue weighted by Crippen LogP contribution is 2.39. The molecule has 2 aliphatic heterocycles. The summed E-state index contributed by atoms with van der Waals surface area (Å²) < 4.78 is 5.46. The van der Waals surface area contributed by atoms with Crippen LogP contribution in [0.1, 0.15) is 11.9 Å². The molecule has 2 N–H and O–H groups in total. The normalized spacial score (nSPS) is 30.6. The maximum atomic E-state index is 12.3. The van der Waals surface area contributed by atoms with E-state index in [2.05, 4.69) is 15.5 Å². The van der Waals surface area contributed by atoms with E-state index in [-0.39, 0.29) is 5.91 Å². The van der Waals surface area contributed by atoms with Gasteiger partial charge in [-0.1, -0.05) is 30.4 Å². The van der Waals surface area contributed by atoms with Crippen molar-refractivity contribution in [1.82, 2.24) is 10.2 Å². The first kappa shape index (κ1) is 13.2. The zero-order valence-corrected chi connectivity index (χ0v) is 11.5. The second kappa shape index (κ2) is 4.95. The zero-order valence-electron chi connectivity index (χ0n) is 10.6. The lowest BCUT2D eigenvalue weighted by Gasteiger charge is -2.20. The van der Waals surface area contributed by atoms with Crippen LogP contribution in [0.25, 0.3) is 0 Å². The predicted molar refractivity (Wildman–Crippen MR) is 70.3 cm³/mol. The number of nitrogens with one attached hydrogen (secondary N) is 1. The van der Waals surface area contributed by atoms with Crippen LogP contribution in [0.15, 0.2) is 12.2 Å². The van der Waals surface area contributed by atoms with Crippen molar-refractivity contribution in [2.75, 3.05) is 5.32 Å². The highest BCUT2D eigenvalue weighted by Gasteiger charge is 2.53. The van der Waals surface area contributed by atoms with Crippen molar-refractivity contribution in [3.05, 3.63) is 17.2 Å². The molecule has 0 spiro atoms. The van der Waals surface area contributed by atoms with Gasteiger partial charge in [0.05, 0.1) is 18.1 Å². The Morgan fingerprint density at radius 3 is 2.65 bits per heavy atom. The molecule has 3 heterocycles. The first-order valence-electron chi connectivity index (χ1n) is 6.30. The quantitative estimate of drug-likeness (QED) is 0.793. The third-order valence-electron chi connectivity index (χ3n) is 3.49. The van der Waals surface area contributed by atoms with E-state index in [1.54, 1.807) is 12.2 Å². The molecule has 0 radical (unpaired) electrons. The van der Waals surface area contributed by atoms with Crippen molar-refractivity contribution >= 4 is 28.3 Å². The Hall–Kier alpha value is -1.80. The van der Waals surface area contributed by atoms with Gasteiger partial charge in [-0.05, 0) is 6.42 Å². The molecule has 0 aliphatic carbocycles. The molecule has 8 heteroatoms. The molecule has 7 nitrogen and oxygen atoms in total. The van der Waals surface area contributed by atoms with Crippen LogP contribution in [0.5, 0.6) is 0 Å². The second-order valence-electron chi connectivity index (χ2n) is 4.68. The molecular weight excluding hydrogens is 282 g/mol. The van der Waals surface area contributed by atoms with Crippen LogP contribution in [0.2, 0.25) is 0 Å². The number of fused-ring (bicyclic) bond motifs is 2. The van der Waals surface area contributed by atoms with E-state index in [0.717, 1.165) is 11.4 Å². The minimum absolute atomic E-state index is 0.381. The zero-order chi connectivity index (χ0) is 14.3. The summed E-state index contributed by atoms with van der Waals surface area (Å²) in [6.07, 6.45) is 3.19. The molecule has 4 atom stereocenters. The van der Waals surface area contributed by atoms with Crippen molar-refractivity contribution in [3.8, 4) is 0 Å². The molecule has 3 rings (SSSR count). The molecule has 0 unspecified atom stereocenters. The molecule has 0 aromatic carbocycles. The van der Waals surface area contributed by atoms with E-state index in [4.69, 9.17) is 4.74 Å². The molecule has 1 aromatic heterocycles. The Morgan fingerprint density at radius 2 is 2.05 bits per heavy atom. The monoisotopic (exact) mass is 295 g/mol. The van der Waals surface area contributed by atoms with Crippen LogP contribution in [0, 0.1) is 11.8 Å². The number of anilines is 1. The van der Waals surface area contributed by atoms with Crippen LogP contribution in [0.4, 0.5) is 5.13 Å². The van der Waals surface area contributed by atoms with Crippen LogP contribution < -0.4 is 5.32 Å². The number of carbonyl (C=O) groups excluding carboxylic acids is 1. The fourth-order valence-electron chi connectivity index (χ4n) is 2.55. The third kappa shape index (κ3) is 2.10. The van der Waals surface area contributed by atoms with E-state index < -0.39 is 30.0 Å². The van der Waals surface area contributed by atoms with Crippen molar-refractivity contribution in [2.45, 2.75) is 25.6 Å². The van der Waals surface area contributed by atoms with Gasteiger partial charge in [0.1, 0.15) is 10.9 Å². The van der Waals surface area contributed by atoms with Gasteiger partial charge in [0.25, 0.3) is 0 Å². The largest absolute Gasteiger partial charge is 0.481 e.